The fraction of sp³-hybridized carbons (Fsp3) is 0.368. The summed E-state index contributed by atoms with van der Waals surface area (Å²) in [5.74, 6) is -0.384. The Labute approximate surface area is 144 Å². The van der Waals surface area contributed by atoms with Gasteiger partial charge in [-0.3, -0.25) is 0 Å². The molecule has 0 amide bonds. The van der Waals surface area contributed by atoms with Crippen molar-refractivity contribution in [2.24, 2.45) is 5.92 Å². The maximum Gasteiger partial charge on any atom is 0.179 e. The van der Waals surface area contributed by atoms with Gasteiger partial charge in [0.15, 0.2) is 8.07 Å². The highest BCUT2D eigenvalue weighted by atomic mass is 28.3. The van der Waals surface area contributed by atoms with Gasteiger partial charge >= 0.3 is 0 Å². The Morgan fingerprint density at radius 1 is 0.833 bits per heavy atom. The first-order valence-corrected chi connectivity index (χ1v) is 10.4. The van der Waals surface area contributed by atoms with Gasteiger partial charge in [0.1, 0.15) is 0 Å². The van der Waals surface area contributed by atoms with Crippen LogP contribution in [0.1, 0.15) is 13.3 Å². The van der Waals surface area contributed by atoms with Crippen LogP contribution in [0.2, 0.25) is 0 Å². The molecule has 2 rings (SSSR count). The maximum absolute atomic E-state index is 11.2. The van der Waals surface area contributed by atoms with Crippen LogP contribution in [0.5, 0.6) is 0 Å². The van der Waals surface area contributed by atoms with Gasteiger partial charge in [-0.25, -0.2) is 0 Å². The summed E-state index contributed by atoms with van der Waals surface area (Å²) in [5.41, 5.74) is -1.75. The summed E-state index contributed by atoms with van der Waals surface area (Å²) in [6.45, 7) is 1.46. The summed E-state index contributed by atoms with van der Waals surface area (Å²) in [4.78, 5) is 0. The number of hydrogen-bond donors (Lipinski definition) is 4. The van der Waals surface area contributed by atoms with E-state index in [1.54, 1.807) is 6.92 Å². The predicted molar refractivity (Wildman–Crippen MR) is 97.9 cm³/mol. The highest BCUT2D eigenvalue weighted by Crippen LogP contribution is 2.23. The Hall–Kier alpha value is -1.50. The summed E-state index contributed by atoms with van der Waals surface area (Å²) < 4.78 is 0. The summed E-state index contributed by atoms with van der Waals surface area (Å²) in [7, 11) is -3.07. The van der Waals surface area contributed by atoms with E-state index < -0.39 is 19.5 Å². The molecule has 0 saturated heterocycles. The molecular formula is C19H26O4Si. The normalized spacial score (nSPS) is 15.7. The lowest BCUT2D eigenvalue weighted by Crippen LogP contribution is -2.75. The van der Waals surface area contributed by atoms with Crippen molar-refractivity contribution in [3.8, 4) is 0 Å². The molecule has 0 spiro atoms. The van der Waals surface area contributed by atoms with Crippen LogP contribution in [-0.4, -0.2) is 53.2 Å². The van der Waals surface area contributed by atoms with Crippen molar-refractivity contribution in [2.75, 3.05) is 13.2 Å². The third-order valence-electron chi connectivity index (χ3n) is 4.72. The first-order chi connectivity index (χ1) is 11.6. The molecule has 24 heavy (non-hydrogen) atoms. The van der Waals surface area contributed by atoms with Crippen LogP contribution < -0.4 is 10.4 Å². The zero-order valence-electron chi connectivity index (χ0n) is 13.9. The summed E-state index contributed by atoms with van der Waals surface area (Å²) in [6, 6.07) is 19.1. The molecule has 0 bridgehead atoms. The third-order valence-corrected chi connectivity index (χ3v) is 10.1. The minimum atomic E-state index is -3.07. The predicted octanol–water partition coefficient (Wildman–Crippen LogP) is 0.0606. The van der Waals surface area contributed by atoms with Gasteiger partial charge in [0.2, 0.25) is 0 Å². The van der Waals surface area contributed by atoms with Gasteiger partial charge < -0.3 is 20.4 Å². The monoisotopic (exact) mass is 346 g/mol. The number of rotatable bonds is 8. The molecule has 0 saturated carbocycles. The van der Waals surface area contributed by atoms with Gasteiger partial charge in [0, 0.05) is 19.1 Å². The average molecular weight is 346 g/mol. The molecule has 5 heteroatoms. The quantitative estimate of drug-likeness (QED) is 0.510. The first kappa shape index (κ1) is 18.8. The Kier molecular flexibility index (Phi) is 6.71. The summed E-state index contributed by atoms with van der Waals surface area (Å²) in [5, 5.41) is 43.0. The largest absolute Gasteiger partial charge is 0.396 e. The van der Waals surface area contributed by atoms with Crippen molar-refractivity contribution < 1.29 is 20.4 Å². The van der Waals surface area contributed by atoms with Crippen molar-refractivity contribution in [1.29, 1.82) is 0 Å². The van der Waals surface area contributed by atoms with Gasteiger partial charge in [-0.15, -0.1) is 0 Å². The highest BCUT2D eigenvalue weighted by Gasteiger charge is 2.51. The van der Waals surface area contributed by atoms with Crippen molar-refractivity contribution in [1.82, 2.24) is 0 Å². The van der Waals surface area contributed by atoms with E-state index in [0.29, 0.717) is 0 Å². The molecule has 4 N–H and O–H groups in total. The Morgan fingerprint density at radius 2 is 1.29 bits per heavy atom. The minimum Gasteiger partial charge on any atom is -0.396 e. The van der Waals surface area contributed by atoms with Crippen molar-refractivity contribution in [3.63, 3.8) is 0 Å². The molecule has 0 aliphatic carbocycles. The Balaban J connectivity index is 2.73. The van der Waals surface area contributed by atoms with E-state index in [1.807, 2.05) is 60.7 Å². The zero-order chi connectivity index (χ0) is 17.6. The highest BCUT2D eigenvalue weighted by molar-refractivity contribution is 7.04. The van der Waals surface area contributed by atoms with Gasteiger partial charge in [0.05, 0.1) is 11.5 Å². The molecule has 0 radical (unpaired) electrons. The van der Waals surface area contributed by atoms with Crippen LogP contribution in [0.3, 0.4) is 0 Å². The molecule has 3 unspecified atom stereocenters. The number of aliphatic hydroxyl groups is 4. The van der Waals surface area contributed by atoms with Crippen LogP contribution in [0.4, 0.5) is 0 Å². The molecule has 0 aliphatic heterocycles. The van der Waals surface area contributed by atoms with Gasteiger partial charge in [-0.1, -0.05) is 67.6 Å². The van der Waals surface area contributed by atoms with Crippen LogP contribution >= 0.6 is 0 Å². The average Bonchev–Trinajstić information content (AvgIpc) is 2.63. The van der Waals surface area contributed by atoms with E-state index >= 15 is 0 Å². The molecule has 2 aromatic rings. The van der Waals surface area contributed by atoms with Crippen molar-refractivity contribution in [3.05, 3.63) is 60.7 Å². The molecule has 0 fully saturated rings. The number of benzene rings is 2. The van der Waals surface area contributed by atoms with Crippen LogP contribution in [0, 0.1) is 5.92 Å². The van der Waals surface area contributed by atoms with Gasteiger partial charge in [-0.2, -0.15) is 0 Å². The molecule has 4 nitrogen and oxygen atoms in total. The van der Waals surface area contributed by atoms with Crippen LogP contribution in [-0.2, 0) is 0 Å². The second kappa shape index (κ2) is 8.55. The minimum absolute atomic E-state index is 0.157. The maximum atomic E-state index is 11.2. The topological polar surface area (TPSA) is 80.9 Å². The first-order valence-electron chi connectivity index (χ1n) is 8.27. The fourth-order valence-electron chi connectivity index (χ4n) is 3.42. The van der Waals surface area contributed by atoms with E-state index in [1.165, 1.54) is 0 Å². The van der Waals surface area contributed by atoms with Crippen LogP contribution in [0.25, 0.3) is 0 Å². The van der Waals surface area contributed by atoms with Crippen LogP contribution in [0.15, 0.2) is 60.7 Å². The molecule has 2 aromatic carbocycles. The molecular weight excluding hydrogens is 320 g/mol. The van der Waals surface area contributed by atoms with Gasteiger partial charge in [-0.05, 0) is 16.8 Å². The SMILES string of the molecule is CC(CO)C(O)[Si](c1ccccc1)(c1ccccc1)C(O)CCO. The number of hydrogen-bond acceptors (Lipinski definition) is 4. The second-order valence-corrected chi connectivity index (χ2v) is 10.4. The lowest BCUT2D eigenvalue weighted by Gasteiger charge is -2.42. The fourth-order valence-corrected chi connectivity index (χ4v) is 8.67. The number of aliphatic hydroxyl groups excluding tert-OH is 4. The molecule has 130 valence electrons. The molecule has 0 aromatic heterocycles. The lowest BCUT2D eigenvalue weighted by molar-refractivity contribution is 0.113. The third kappa shape index (κ3) is 3.45. The lowest BCUT2D eigenvalue weighted by atomic mass is 10.2. The Bertz CT molecular complexity index is 566. The second-order valence-electron chi connectivity index (χ2n) is 6.23. The van der Waals surface area contributed by atoms with E-state index in [9.17, 15) is 20.4 Å². The van der Waals surface area contributed by atoms with Crippen molar-refractivity contribution >= 4 is 18.4 Å². The zero-order valence-corrected chi connectivity index (χ0v) is 14.9. The standard InChI is InChI=1S/C19H26O4Si/c1-15(14-21)19(23)24(18(22)12-13-20,16-8-4-2-5-9-16)17-10-6-3-7-11-17/h2-11,15,18-23H,12-14H2,1H3. The molecule has 0 heterocycles. The van der Waals surface area contributed by atoms with E-state index in [-0.39, 0.29) is 25.6 Å². The van der Waals surface area contributed by atoms with Crippen molar-refractivity contribution in [2.45, 2.75) is 24.8 Å². The molecule has 0 aliphatic rings. The smallest absolute Gasteiger partial charge is 0.179 e. The van der Waals surface area contributed by atoms with E-state index in [2.05, 4.69) is 0 Å². The molecule has 3 atom stereocenters. The Morgan fingerprint density at radius 3 is 1.67 bits per heavy atom. The van der Waals surface area contributed by atoms with E-state index in [4.69, 9.17) is 0 Å². The van der Waals surface area contributed by atoms with Gasteiger partial charge in [0.25, 0.3) is 0 Å². The van der Waals surface area contributed by atoms with E-state index in [0.717, 1.165) is 10.4 Å². The summed E-state index contributed by atoms with van der Waals surface area (Å²) >= 11 is 0. The summed E-state index contributed by atoms with van der Waals surface area (Å²) in [6.07, 6.45) is 0.186.